The quantitative estimate of drug-likeness (QED) is 0.788. The number of halogens is 2. The number of likely N-dealkylation sites (N-methyl/N-ethyl adjacent to an activating group) is 1. The highest BCUT2D eigenvalue weighted by atomic mass is 35.5. The minimum Gasteiger partial charge on any atom is -0.497 e. The second-order valence-corrected chi connectivity index (χ2v) is 6.52. The van der Waals surface area contributed by atoms with Crippen molar-refractivity contribution in [2.75, 3.05) is 20.7 Å². The Balaban J connectivity index is 1.82. The summed E-state index contributed by atoms with van der Waals surface area (Å²) in [5.41, 5.74) is 1.97. The molecule has 0 aromatic heterocycles. The van der Waals surface area contributed by atoms with E-state index in [1.807, 2.05) is 37.4 Å². The number of nitrogens with one attached hydrogen (secondary N) is 2. The molecule has 0 fully saturated rings. The molecule has 2 aromatic carbocycles. The second kappa shape index (κ2) is 8.92. The fourth-order valence-corrected chi connectivity index (χ4v) is 2.86. The summed E-state index contributed by atoms with van der Waals surface area (Å²) in [6.07, 6.45) is 0. The van der Waals surface area contributed by atoms with Crippen LogP contribution in [-0.4, -0.2) is 26.6 Å². The SMILES string of the molecule is COc1cccc(C[NH+](C)CC(=O)NCc2ccc(Cl)cc2Cl)c1. The van der Waals surface area contributed by atoms with Crippen LogP contribution in [0.4, 0.5) is 0 Å². The molecule has 1 atom stereocenters. The third-order valence-electron chi connectivity index (χ3n) is 3.59. The van der Waals surface area contributed by atoms with Gasteiger partial charge in [0.25, 0.3) is 5.91 Å². The lowest BCUT2D eigenvalue weighted by atomic mass is 10.2. The first-order valence-electron chi connectivity index (χ1n) is 7.63. The van der Waals surface area contributed by atoms with Crippen LogP contribution in [0.2, 0.25) is 10.0 Å². The Kier molecular flexibility index (Phi) is 6.91. The van der Waals surface area contributed by atoms with Crippen molar-refractivity contribution in [1.29, 1.82) is 0 Å². The van der Waals surface area contributed by atoms with E-state index in [0.29, 0.717) is 23.1 Å². The zero-order valence-corrected chi connectivity index (χ0v) is 15.2. The van der Waals surface area contributed by atoms with Crippen LogP contribution in [0.5, 0.6) is 5.75 Å². The number of amides is 1. The molecule has 128 valence electrons. The Morgan fingerprint density at radius 3 is 2.71 bits per heavy atom. The second-order valence-electron chi connectivity index (χ2n) is 5.67. The van der Waals surface area contributed by atoms with Crippen LogP contribution in [-0.2, 0) is 17.9 Å². The number of benzene rings is 2. The average molecular weight is 368 g/mol. The molecule has 0 bridgehead atoms. The fraction of sp³-hybridized carbons (Fsp3) is 0.278. The Labute approximate surface area is 152 Å². The topological polar surface area (TPSA) is 42.8 Å². The average Bonchev–Trinajstić information content (AvgIpc) is 2.54. The first kappa shape index (κ1) is 18.6. The van der Waals surface area contributed by atoms with Gasteiger partial charge in [0.05, 0.1) is 14.2 Å². The third kappa shape index (κ3) is 5.71. The molecular formula is C18H21Cl2N2O2+. The normalized spacial score (nSPS) is 11.8. The highest BCUT2D eigenvalue weighted by Gasteiger charge is 2.11. The smallest absolute Gasteiger partial charge is 0.275 e. The van der Waals surface area contributed by atoms with E-state index in [0.717, 1.165) is 28.3 Å². The molecule has 0 radical (unpaired) electrons. The molecule has 1 unspecified atom stereocenters. The summed E-state index contributed by atoms with van der Waals surface area (Å²) in [5.74, 6) is 0.795. The van der Waals surface area contributed by atoms with Crippen molar-refractivity contribution < 1.29 is 14.4 Å². The van der Waals surface area contributed by atoms with Gasteiger partial charge in [0.2, 0.25) is 0 Å². The van der Waals surface area contributed by atoms with Gasteiger partial charge in [-0.3, -0.25) is 4.79 Å². The lowest BCUT2D eigenvalue weighted by Gasteiger charge is -2.14. The standard InChI is InChI=1S/C18H20Cl2N2O2/c1-22(11-13-4-3-5-16(8-13)24-2)12-18(23)21-10-14-6-7-15(19)9-17(14)20/h3-9H,10-12H2,1-2H3,(H,21,23)/p+1. The predicted octanol–water partition coefficient (Wildman–Crippen LogP) is 2.33. The van der Waals surface area contributed by atoms with Crippen LogP contribution in [0.15, 0.2) is 42.5 Å². The van der Waals surface area contributed by atoms with E-state index in [9.17, 15) is 4.79 Å². The molecule has 0 saturated carbocycles. The number of carbonyl (C=O) groups excluding carboxylic acids is 1. The van der Waals surface area contributed by atoms with Crippen LogP contribution in [0.3, 0.4) is 0 Å². The summed E-state index contributed by atoms with van der Waals surface area (Å²) in [7, 11) is 3.62. The van der Waals surface area contributed by atoms with E-state index in [1.165, 1.54) is 0 Å². The van der Waals surface area contributed by atoms with E-state index >= 15 is 0 Å². The van der Waals surface area contributed by atoms with Gasteiger partial charge >= 0.3 is 0 Å². The molecule has 0 aliphatic carbocycles. The molecule has 6 heteroatoms. The maximum atomic E-state index is 12.1. The number of ether oxygens (including phenoxy) is 1. The van der Waals surface area contributed by atoms with Crippen molar-refractivity contribution >= 4 is 29.1 Å². The van der Waals surface area contributed by atoms with Crippen LogP contribution in [0.1, 0.15) is 11.1 Å². The van der Waals surface area contributed by atoms with Crippen molar-refractivity contribution in [3.63, 3.8) is 0 Å². The van der Waals surface area contributed by atoms with E-state index in [-0.39, 0.29) is 5.91 Å². The van der Waals surface area contributed by atoms with Gasteiger partial charge in [-0.2, -0.15) is 0 Å². The lowest BCUT2D eigenvalue weighted by molar-refractivity contribution is -0.885. The van der Waals surface area contributed by atoms with Crippen LogP contribution in [0, 0.1) is 0 Å². The van der Waals surface area contributed by atoms with Crippen LogP contribution in [0.25, 0.3) is 0 Å². The zero-order valence-electron chi connectivity index (χ0n) is 13.7. The Hall–Kier alpha value is -1.75. The molecular weight excluding hydrogens is 347 g/mol. The van der Waals surface area contributed by atoms with Gasteiger partial charge in [0.1, 0.15) is 12.3 Å². The highest BCUT2D eigenvalue weighted by Crippen LogP contribution is 2.20. The minimum atomic E-state index is -0.0265. The maximum Gasteiger partial charge on any atom is 0.275 e. The molecule has 0 aliphatic rings. The van der Waals surface area contributed by atoms with Crippen molar-refractivity contribution in [3.8, 4) is 5.75 Å². The van der Waals surface area contributed by atoms with Crippen molar-refractivity contribution in [1.82, 2.24) is 5.32 Å². The molecule has 0 saturated heterocycles. The van der Waals surface area contributed by atoms with E-state index in [4.69, 9.17) is 27.9 Å². The number of methoxy groups -OCH3 is 1. The minimum absolute atomic E-state index is 0.0265. The summed E-state index contributed by atoms with van der Waals surface area (Å²) < 4.78 is 5.21. The van der Waals surface area contributed by atoms with Crippen molar-refractivity contribution in [2.24, 2.45) is 0 Å². The maximum absolute atomic E-state index is 12.1. The van der Waals surface area contributed by atoms with Gasteiger partial charge in [-0.15, -0.1) is 0 Å². The van der Waals surface area contributed by atoms with E-state index in [2.05, 4.69) is 5.32 Å². The molecule has 2 rings (SSSR count). The Morgan fingerprint density at radius 1 is 1.21 bits per heavy atom. The summed E-state index contributed by atoms with van der Waals surface area (Å²) >= 11 is 12.0. The fourth-order valence-electron chi connectivity index (χ4n) is 2.39. The van der Waals surface area contributed by atoms with Crippen molar-refractivity contribution in [2.45, 2.75) is 13.1 Å². The molecule has 1 amide bonds. The summed E-state index contributed by atoms with van der Waals surface area (Å²) in [6, 6.07) is 13.1. The van der Waals surface area contributed by atoms with Gasteiger partial charge in [-0.1, -0.05) is 41.4 Å². The number of quaternary nitrogens is 1. The Morgan fingerprint density at radius 2 is 2.00 bits per heavy atom. The van der Waals surface area contributed by atoms with Gasteiger partial charge in [0.15, 0.2) is 6.54 Å². The molecule has 24 heavy (non-hydrogen) atoms. The van der Waals surface area contributed by atoms with Crippen molar-refractivity contribution in [3.05, 3.63) is 63.6 Å². The lowest BCUT2D eigenvalue weighted by Crippen LogP contribution is -3.08. The summed E-state index contributed by atoms with van der Waals surface area (Å²) in [6.45, 7) is 1.51. The van der Waals surface area contributed by atoms with Crippen LogP contribution < -0.4 is 15.0 Å². The number of rotatable bonds is 7. The molecule has 0 heterocycles. The van der Waals surface area contributed by atoms with Crippen LogP contribution >= 0.6 is 23.2 Å². The first-order valence-corrected chi connectivity index (χ1v) is 8.38. The molecule has 4 nitrogen and oxygen atoms in total. The monoisotopic (exact) mass is 367 g/mol. The van der Waals surface area contributed by atoms with Gasteiger partial charge in [-0.05, 0) is 29.8 Å². The molecule has 2 N–H and O–H groups in total. The summed E-state index contributed by atoms with van der Waals surface area (Å²) in [4.78, 5) is 13.2. The number of hydrogen-bond donors (Lipinski definition) is 2. The number of hydrogen-bond acceptors (Lipinski definition) is 2. The molecule has 2 aromatic rings. The third-order valence-corrected chi connectivity index (χ3v) is 4.18. The molecule has 0 spiro atoms. The van der Waals surface area contributed by atoms with Gasteiger partial charge < -0.3 is 15.0 Å². The zero-order chi connectivity index (χ0) is 17.5. The molecule has 0 aliphatic heterocycles. The number of carbonyl (C=O) groups is 1. The van der Waals surface area contributed by atoms with E-state index < -0.39 is 0 Å². The van der Waals surface area contributed by atoms with E-state index in [1.54, 1.807) is 19.2 Å². The first-order chi connectivity index (χ1) is 11.5. The highest BCUT2D eigenvalue weighted by molar-refractivity contribution is 6.35. The summed E-state index contributed by atoms with van der Waals surface area (Å²) in [5, 5.41) is 4.02. The largest absolute Gasteiger partial charge is 0.497 e. The Bertz CT molecular complexity index is 707. The predicted molar refractivity (Wildman–Crippen MR) is 96.8 cm³/mol. The van der Waals surface area contributed by atoms with Gasteiger partial charge in [-0.25, -0.2) is 0 Å². The van der Waals surface area contributed by atoms with Gasteiger partial charge in [0, 0.05) is 22.2 Å².